The molecule has 230 valence electrons. The molecule has 1 saturated carbocycles. The molecule has 2 aromatic rings. The van der Waals surface area contributed by atoms with Crippen molar-refractivity contribution in [1.82, 2.24) is 10.2 Å². The third-order valence-corrected chi connectivity index (χ3v) is 10.3. The highest BCUT2D eigenvalue weighted by atomic mass is 16.5. The summed E-state index contributed by atoms with van der Waals surface area (Å²) in [7, 11) is 0. The monoisotopic (exact) mass is 586 g/mol. The van der Waals surface area contributed by atoms with Crippen molar-refractivity contribution < 1.29 is 19.4 Å². The van der Waals surface area contributed by atoms with Gasteiger partial charge >= 0.3 is 0 Å². The number of nitrogens with zero attached hydrogens (tertiary/aromatic N) is 3. The van der Waals surface area contributed by atoms with Crippen molar-refractivity contribution >= 4 is 17.5 Å². The fourth-order valence-corrected chi connectivity index (χ4v) is 7.74. The standard InChI is InChI=1S/C35H46N4O4/c1-22-23(2)29(12-9-26(22)21-36)43-33-34(3,4)32(35(33,5)6)37-30(41)24-7-10-27(11-8-24)38-17-13-25(14-18-38)31(42)39-19-15-28(40)16-20-39/h7-12,25,28,32-33,40H,13-20H2,1-6H3,(H,37,41). The molecule has 8 heteroatoms. The molecular formula is C35H46N4O4. The second-order valence-electron chi connectivity index (χ2n) is 13.9. The highest BCUT2D eigenvalue weighted by Crippen LogP contribution is 2.56. The van der Waals surface area contributed by atoms with Gasteiger partial charge in [0.2, 0.25) is 5.91 Å². The van der Waals surface area contributed by atoms with Crippen molar-refractivity contribution in [3.8, 4) is 11.8 Å². The van der Waals surface area contributed by atoms with E-state index < -0.39 is 0 Å². The van der Waals surface area contributed by atoms with E-state index in [-0.39, 0.29) is 46.8 Å². The molecule has 2 amide bonds. The summed E-state index contributed by atoms with van der Waals surface area (Å²) in [5.41, 5.74) is 3.64. The van der Waals surface area contributed by atoms with Crippen molar-refractivity contribution in [2.45, 2.75) is 85.5 Å². The summed E-state index contributed by atoms with van der Waals surface area (Å²) < 4.78 is 6.55. The topological polar surface area (TPSA) is 106 Å². The quantitative estimate of drug-likeness (QED) is 0.494. The molecule has 0 unspecified atom stereocenters. The van der Waals surface area contributed by atoms with Gasteiger partial charge in [-0.15, -0.1) is 0 Å². The molecule has 2 N–H and O–H groups in total. The van der Waals surface area contributed by atoms with Crippen LogP contribution in [0.3, 0.4) is 0 Å². The number of nitriles is 1. The van der Waals surface area contributed by atoms with E-state index in [0.717, 1.165) is 48.5 Å². The molecule has 0 aromatic heterocycles. The molecule has 1 aliphatic carbocycles. The van der Waals surface area contributed by atoms with Crippen LogP contribution in [0.25, 0.3) is 0 Å². The highest BCUT2D eigenvalue weighted by molar-refractivity contribution is 5.95. The highest BCUT2D eigenvalue weighted by Gasteiger charge is 2.64. The predicted molar refractivity (Wildman–Crippen MR) is 167 cm³/mol. The number of nitrogens with one attached hydrogen (secondary N) is 1. The normalized spacial score (nSPS) is 23.7. The van der Waals surface area contributed by atoms with E-state index in [1.54, 1.807) is 0 Å². The van der Waals surface area contributed by atoms with Gasteiger partial charge in [-0.25, -0.2) is 0 Å². The van der Waals surface area contributed by atoms with Gasteiger partial charge in [-0.05, 0) is 87.1 Å². The van der Waals surface area contributed by atoms with E-state index in [4.69, 9.17) is 4.74 Å². The molecular weight excluding hydrogens is 540 g/mol. The van der Waals surface area contributed by atoms with Crippen LogP contribution in [0, 0.1) is 41.9 Å². The number of hydrogen-bond acceptors (Lipinski definition) is 6. The molecule has 43 heavy (non-hydrogen) atoms. The number of benzene rings is 2. The molecule has 0 atom stereocenters. The fraction of sp³-hybridized carbons (Fsp3) is 0.571. The van der Waals surface area contributed by atoms with Crippen LogP contribution in [0.2, 0.25) is 0 Å². The largest absolute Gasteiger partial charge is 0.489 e. The predicted octanol–water partition coefficient (Wildman–Crippen LogP) is 4.99. The van der Waals surface area contributed by atoms with Crippen LogP contribution in [0.15, 0.2) is 36.4 Å². The van der Waals surface area contributed by atoms with Gasteiger partial charge in [0.15, 0.2) is 0 Å². The zero-order valence-corrected chi connectivity index (χ0v) is 26.4. The van der Waals surface area contributed by atoms with Gasteiger partial charge < -0.3 is 25.0 Å². The van der Waals surface area contributed by atoms with Crippen LogP contribution >= 0.6 is 0 Å². The summed E-state index contributed by atoms with van der Waals surface area (Å²) >= 11 is 0. The molecule has 3 aliphatic rings. The molecule has 8 nitrogen and oxygen atoms in total. The maximum absolute atomic E-state index is 13.4. The van der Waals surface area contributed by atoms with Crippen LogP contribution < -0.4 is 15.0 Å². The number of amides is 2. The van der Waals surface area contributed by atoms with Gasteiger partial charge in [-0.3, -0.25) is 9.59 Å². The molecule has 0 radical (unpaired) electrons. The number of aliphatic hydroxyl groups excluding tert-OH is 1. The maximum Gasteiger partial charge on any atom is 0.251 e. The first-order valence-electron chi connectivity index (χ1n) is 15.6. The van der Waals surface area contributed by atoms with Crippen LogP contribution in [0.4, 0.5) is 5.69 Å². The third-order valence-electron chi connectivity index (χ3n) is 10.3. The van der Waals surface area contributed by atoms with Crippen molar-refractivity contribution in [3.05, 3.63) is 58.7 Å². The minimum Gasteiger partial charge on any atom is -0.489 e. The van der Waals surface area contributed by atoms with Gasteiger partial charge in [0, 0.05) is 60.2 Å². The second-order valence-corrected chi connectivity index (χ2v) is 13.9. The van der Waals surface area contributed by atoms with E-state index in [9.17, 15) is 20.0 Å². The number of piperidine rings is 2. The van der Waals surface area contributed by atoms with Gasteiger partial charge in [-0.1, -0.05) is 27.7 Å². The van der Waals surface area contributed by atoms with Gasteiger partial charge in [0.1, 0.15) is 11.9 Å². The first-order valence-corrected chi connectivity index (χ1v) is 15.6. The van der Waals surface area contributed by atoms with E-state index in [0.29, 0.717) is 37.1 Å². The number of aliphatic hydroxyl groups is 1. The average Bonchev–Trinajstić information content (AvgIpc) is 3.00. The molecule has 0 spiro atoms. The average molecular weight is 587 g/mol. The Labute approximate surface area is 256 Å². The summed E-state index contributed by atoms with van der Waals surface area (Å²) in [4.78, 5) is 30.6. The SMILES string of the molecule is Cc1c(C#N)ccc(OC2C(C)(C)C(NC(=O)c3ccc(N4CCC(C(=O)N5CCC(O)CC5)CC4)cc3)C2(C)C)c1C. The number of carbonyl (C=O) groups excluding carboxylic acids is 2. The van der Waals surface area contributed by atoms with Gasteiger partial charge in [0.25, 0.3) is 5.91 Å². The Balaban J connectivity index is 1.17. The minimum absolute atomic E-state index is 0.0448. The summed E-state index contributed by atoms with van der Waals surface area (Å²) in [5.74, 6) is 0.957. The zero-order valence-electron chi connectivity index (χ0n) is 26.4. The molecule has 2 heterocycles. The summed E-state index contributed by atoms with van der Waals surface area (Å²) in [5, 5.41) is 22.4. The number of carbonyl (C=O) groups is 2. The number of hydrogen-bond donors (Lipinski definition) is 2. The van der Waals surface area contributed by atoms with Crippen molar-refractivity contribution in [2.24, 2.45) is 16.7 Å². The number of ether oxygens (including phenoxy) is 1. The fourth-order valence-electron chi connectivity index (χ4n) is 7.74. The number of anilines is 1. The lowest BCUT2D eigenvalue weighted by Gasteiger charge is -2.63. The van der Waals surface area contributed by atoms with E-state index in [2.05, 4.69) is 44.0 Å². The smallest absolute Gasteiger partial charge is 0.251 e. The third kappa shape index (κ3) is 5.84. The lowest BCUT2D eigenvalue weighted by molar-refractivity contribution is -0.164. The first-order chi connectivity index (χ1) is 20.3. The maximum atomic E-state index is 13.4. The number of rotatable bonds is 6. The minimum atomic E-state index is -0.302. The van der Waals surface area contributed by atoms with E-state index in [1.165, 1.54) is 0 Å². The molecule has 2 saturated heterocycles. The molecule has 2 aromatic carbocycles. The number of likely N-dealkylation sites (tertiary alicyclic amines) is 1. The van der Waals surface area contributed by atoms with Crippen molar-refractivity contribution in [3.63, 3.8) is 0 Å². The van der Waals surface area contributed by atoms with Crippen molar-refractivity contribution in [1.29, 1.82) is 5.26 Å². The molecule has 0 bridgehead atoms. The Hall–Kier alpha value is -3.57. The molecule has 5 rings (SSSR count). The van der Waals surface area contributed by atoms with Crippen LogP contribution in [0.5, 0.6) is 5.75 Å². The Kier molecular flexibility index (Phi) is 8.50. The molecule has 2 aliphatic heterocycles. The van der Waals surface area contributed by atoms with Gasteiger partial charge in [-0.2, -0.15) is 5.26 Å². The second kappa shape index (κ2) is 11.8. The Morgan fingerprint density at radius 3 is 2.09 bits per heavy atom. The lowest BCUT2D eigenvalue weighted by atomic mass is 9.49. The van der Waals surface area contributed by atoms with Crippen LogP contribution in [0.1, 0.15) is 80.4 Å². The van der Waals surface area contributed by atoms with Crippen molar-refractivity contribution in [2.75, 3.05) is 31.1 Å². The van der Waals surface area contributed by atoms with Gasteiger partial charge in [0.05, 0.1) is 17.7 Å². The Morgan fingerprint density at radius 2 is 1.51 bits per heavy atom. The summed E-state index contributed by atoms with van der Waals surface area (Å²) in [6.45, 7) is 15.4. The first kappa shape index (κ1) is 30.9. The Morgan fingerprint density at radius 1 is 0.907 bits per heavy atom. The van der Waals surface area contributed by atoms with Crippen LogP contribution in [-0.4, -0.2) is 66.2 Å². The summed E-state index contributed by atoms with van der Waals surface area (Å²) in [6.07, 6.45) is 2.59. The molecule has 3 fully saturated rings. The summed E-state index contributed by atoms with van der Waals surface area (Å²) in [6, 6.07) is 13.6. The Bertz CT molecular complexity index is 1380. The van der Waals surface area contributed by atoms with Crippen LogP contribution in [-0.2, 0) is 4.79 Å². The van der Waals surface area contributed by atoms with E-state index in [1.807, 2.05) is 55.1 Å². The zero-order chi connectivity index (χ0) is 31.1. The van der Waals surface area contributed by atoms with E-state index >= 15 is 0 Å². The lowest BCUT2D eigenvalue weighted by Crippen LogP contribution is -2.74.